The Balaban J connectivity index is 2.42. The molecule has 0 N–H and O–H groups in total. The van der Waals surface area contributed by atoms with E-state index in [0.717, 1.165) is 11.7 Å². The second-order valence-corrected chi connectivity index (χ2v) is 7.51. The fraction of sp³-hybridized carbons (Fsp3) is 1.00. The lowest BCUT2D eigenvalue weighted by Gasteiger charge is -2.28. The largest absolute Gasteiger partial charge is 0.130 e. The van der Waals surface area contributed by atoms with E-state index in [1.54, 1.807) is 0 Å². The zero-order chi connectivity index (χ0) is 11.0. The first-order valence-corrected chi connectivity index (χ1v) is 6.18. The van der Waals surface area contributed by atoms with Gasteiger partial charge in [-0.1, -0.05) is 71.9 Å². The van der Waals surface area contributed by atoms with Crippen molar-refractivity contribution in [2.75, 3.05) is 0 Å². The van der Waals surface area contributed by atoms with Crippen LogP contribution in [0.15, 0.2) is 0 Å². The minimum Gasteiger partial charge on any atom is -0.0671 e. The van der Waals surface area contributed by atoms with E-state index in [1.165, 1.54) is 26.5 Å². The molecule has 0 radical (unpaired) electrons. The van der Waals surface area contributed by atoms with Crippen molar-refractivity contribution in [2.24, 2.45) is 11.3 Å². The van der Waals surface area contributed by atoms with Crippen LogP contribution in [0.25, 0.3) is 0 Å². The summed E-state index contributed by atoms with van der Waals surface area (Å²) in [4.78, 5) is 0. The Morgan fingerprint density at radius 1 is 0.929 bits per heavy atom. The number of rotatable bonds is 1. The molecule has 0 spiro atoms. The minimum absolute atomic E-state index is 0.525. The van der Waals surface area contributed by atoms with Crippen LogP contribution < -0.4 is 0 Å². The Kier molecular flexibility index (Phi) is 3.39. The van der Waals surface area contributed by atoms with Gasteiger partial charge in [-0.15, -0.1) is 0 Å². The third-order valence-corrected chi connectivity index (χ3v) is 3.67. The molecular formula is C13H27B. The number of hydrogen-bond donors (Lipinski definition) is 0. The maximum Gasteiger partial charge on any atom is 0.130 e. The van der Waals surface area contributed by atoms with Gasteiger partial charge in [0.1, 0.15) is 7.28 Å². The maximum absolute atomic E-state index is 2.40. The monoisotopic (exact) mass is 194 g/mol. The second-order valence-electron chi connectivity index (χ2n) is 7.51. The summed E-state index contributed by atoms with van der Waals surface area (Å²) in [6.07, 6.45) is 4.41. The first kappa shape index (κ1) is 12.1. The smallest absolute Gasteiger partial charge is 0.0671 e. The van der Waals surface area contributed by atoms with E-state index in [2.05, 4.69) is 41.5 Å². The molecule has 0 nitrogen and oxygen atoms in total. The summed E-state index contributed by atoms with van der Waals surface area (Å²) in [5, 5.41) is 0.525. The van der Waals surface area contributed by atoms with Crippen LogP contribution >= 0.6 is 0 Å². The van der Waals surface area contributed by atoms with Crippen molar-refractivity contribution >= 4 is 7.28 Å². The summed E-state index contributed by atoms with van der Waals surface area (Å²) in [6.45, 7) is 14.3. The van der Waals surface area contributed by atoms with Crippen molar-refractivity contribution < 1.29 is 0 Å². The van der Waals surface area contributed by atoms with Crippen molar-refractivity contribution in [3.05, 3.63) is 0 Å². The molecule has 1 fully saturated rings. The fourth-order valence-electron chi connectivity index (χ4n) is 2.91. The molecule has 0 aliphatic heterocycles. The molecule has 0 aromatic carbocycles. The summed E-state index contributed by atoms with van der Waals surface area (Å²) >= 11 is 0. The van der Waals surface area contributed by atoms with E-state index in [4.69, 9.17) is 0 Å². The molecule has 0 heterocycles. The van der Waals surface area contributed by atoms with E-state index in [0.29, 0.717) is 10.7 Å². The fourth-order valence-corrected chi connectivity index (χ4v) is 2.91. The van der Waals surface area contributed by atoms with Crippen LogP contribution in [0, 0.1) is 11.3 Å². The SMILES string of the molecule is CC(C)(C)BC1CCC(C(C)(C)C)C1. The van der Waals surface area contributed by atoms with Gasteiger partial charge in [0.05, 0.1) is 0 Å². The Bertz CT molecular complexity index is 182. The lowest BCUT2D eigenvalue weighted by molar-refractivity contribution is 0.246. The Labute approximate surface area is 91.1 Å². The van der Waals surface area contributed by atoms with Gasteiger partial charge in [-0.05, 0) is 11.3 Å². The van der Waals surface area contributed by atoms with Crippen molar-refractivity contribution in [1.82, 2.24) is 0 Å². The van der Waals surface area contributed by atoms with Crippen molar-refractivity contribution in [3.8, 4) is 0 Å². The van der Waals surface area contributed by atoms with Gasteiger partial charge >= 0.3 is 0 Å². The zero-order valence-corrected chi connectivity index (χ0v) is 11.0. The number of hydrogen-bond acceptors (Lipinski definition) is 0. The minimum atomic E-state index is 0.525. The van der Waals surface area contributed by atoms with Crippen LogP contribution in [-0.2, 0) is 0 Å². The van der Waals surface area contributed by atoms with Crippen LogP contribution in [0.1, 0.15) is 60.8 Å². The molecule has 0 saturated heterocycles. The molecule has 14 heavy (non-hydrogen) atoms. The van der Waals surface area contributed by atoms with Gasteiger partial charge in [-0.3, -0.25) is 0 Å². The zero-order valence-electron chi connectivity index (χ0n) is 11.0. The van der Waals surface area contributed by atoms with E-state index >= 15 is 0 Å². The highest BCUT2D eigenvalue weighted by Gasteiger charge is 2.34. The van der Waals surface area contributed by atoms with Crippen molar-refractivity contribution in [2.45, 2.75) is 71.9 Å². The first-order valence-electron chi connectivity index (χ1n) is 6.18. The van der Waals surface area contributed by atoms with Crippen LogP contribution in [0.3, 0.4) is 0 Å². The van der Waals surface area contributed by atoms with Gasteiger partial charge in [0.25, 0.3) is 0 Å². The van der Waals surface area contributed by atoms with Gasteiger partial charge in [-0.2, -0.15) is 0 Å². The Hall–Kier alpha value is 0.0649. The van der Waals surface area contributed by atoms with Crippen LogP contribution in [0.4, 0.5) is 0 Å². The molecule has 2 atom stereocenters. The standard InChI is InChI=1S/C13H27B/c1-12(2,3)10-7-8-11(9-10)14-13(4,5)6/h10-11,14H,7-9H2,1-6H3. The van der Waals surface area contributed by atoms with Crippen LogP contribution in [0.2, 0.25) is 11.1 Å². The molecule has 1 saturated carbocycles. The van der Waals surface area contributed by atoms with Gasteiger partial charge in [0.2, 0.25) is 0 Å². The third-order valence-electron chi connectivity index (χ3n) is 3.67. The summed E-state index contributed by atoms with van der Waals surface area (Å²) < 4.78 is 0. The molecule has 0 amide bonds. The molecule has 0 bridgehead atoms. The average Bonchev–Trinajstić information content (AvgIpc) is 2.29. The molecule has 1 rings (SSSR count). The molecule has 0 aromatic rings. The van der Waals surface area contributed by atoms with E-state index in [9.17, 15) is 0 Å². The Morgan fingerprint density at radius 2 is 1.50 bits per heavy atom. The van der Waals surface area contributed by atoms with E-state index < -0.39 is 0 Å². The molecule has 2 unspecified atom stereocenters. The lowest BCUT2D eigenvalue weighted by atomic mass is 9.47. The molecule has 0 aromatic heterocycles. The molecule has 82 valence electrons. The van der Waals surface area contributed by atoms with Crippen LogP contribution in [0.5, 0.6) is 0 Å². The van der Waals surface area contributed by atoms with Gasteiger partial charge in [0.15, 0.2) is 0 Å². The summed E-state index contributed by atoms with van der Waals surface area (Å²) in [5.74, 6) is 1.97. The van der Waals surface area contributed by atoms with Crippen molar-refractivity contribution in [1.29, 1.82) is 0 Å². The molecule has 1 heteroatoms. The maximum atomic E-state index is 2.40. The third kappa shape index (κ3) is 3.67. The average molecular weight is 194 g/mol. The summed E-state index contributed by atoms with van der Waals surface area (Å²) in [7, 11) is 1.42. The topological polar surface area (TPSA) is 0 Å². The van der Waals surface area contributed by atoms with Gasteiger partial charge in [-0.25, -0.2) is 0 Å². The quantitative estimate of drug-likeness (QED) is 0.546. The highest BCUT2D eigenvalue weighted by molar-refractivity contribution is 6.41. The van der Waals surface area contributed by atoms with Crippen molar-refractivity contribution in [3.63, 3.8) is 0 Å². The predicted molar refractivity (Wildman–Crippen MR) is 67.4 cm³/mol. The first-order chi connectivity index (χ1) is 6.18. The second kappa shape index (κ2) is 3.91. The van der Waals surface area contributed by atoms with E-state index in [1.807, 2.05) is 0 Å². The normalized spacial score (nSPS) is 29.3. The van der Waals surface area contributed by atoms with Crippen LogP contribution in [-0.4, -0.2) is 7.28 Å². The highest BCUT2D eigenvalue weighted by atomic mass is 14.4. The lowest BCUT2D eigenvalue weighted by Crippen LogP contribution is -2.19. The van der Waals surface area contributed by atoms with Gasteiger partial charge in [0, 0.05) is 0 Å². The summed E-state index contributed by atoms with van der Waals surface area (Å²) in [6, 6.07) is 0. The summed E-state index contributed by atoms with van der Waals surface area (Å²) in [5.41, 5.74) is 0.534. The predicted octanol–water partition coefficient (Wildman–Crippen LogP) is 4.28. The Morgan fingerprint density at radius 3 is 1.86 bits per heavy atom. The molecule has 1 aliphatic rings. The molecular weight excluding hydrogens is 167 g/mol. The van der Waals surface area contributed by atoms with Gasteiger partial charge < -0.3 is 0 Å². The van der Waals surface area contributed by atoms with E-state index in [-0.39, 0.29) is 0 Å². The highest BCUT2D eigenvalue weighted by Crippen LogP contribution is 2.46. The molecule has 1 aliphatic carbocycles.